The van der Waals surface area contributed by atoms with Crippen LogP contribution in [0.1, 0.15) is 162 Å². The van der Waals surface area contributed by atoms with Crippen molar-refractivity contribution in [2.24, 2.45) is 5.92 Å². The highest BCUT2D eigenvalue weighted by atomic mass is 16.6. The number of rotatable bonds is 32. The minimum atomic E-state index is -1.07. The Labute approximate surface area is 281 Å². The zero-order chi connectivity index (χ0) is 34.1. The van der Waals surface area contributed by atoms with E-state index in [1.807, 2.05) is 12.2 Å². The molecule has 7 heteroatoms. The first-order chi connectivity index (χ1) is 22.3. The minimum Gasteiger partial charge on any atom is -0.463 e. The Bertz CT molecular complexity index is 789. The summed E-state index contributed by atoms with van der Waals surface area (Å²) in [6.45, 7) is 6.33. The average molecular weight is 651 g/mol. The molecule has 0 aliphatic heterocycles. The second-order valence-electron chi connectivity index (χ2n) is 13.1. The lowest BCUT2D eigenvalue weighted by Crippen LogP contribution is -2.26. The van der Waals surface area contributed by atoms with Crippen LogP contribution in [0.3, 0.4) is 0 Å². The van der Waals surface area contributed by atoms with Crippen LogP contribution in [0, 0.1) is 5.92 Å². The summed E-state index contributed by atoms with van der Waals surface area (Å²) < 4.78 is 10.2. The van der Waals surface area contributed by atoms with E-state index >= 15 is 0 Å². The molecule has 46 heavy (non-hydrogen) atoms. The Balaban J connectivity index is 3.71. The van der Waals surface area contributed by atoms with E-state index in [1.54, 1.807) is 0 Å². The third-order valence-corrected chi connectivity index (χ3v) is 8.01. The number of aliphatic hydroxyl groups is 3. The maximum Gasteiger partial charge on any atom is 0.305 e. The Kier molecular flexibility index (Phi) is 31.6. The molecular formula is C39H70O7. The second-order valence-corrected chi connectivity index (χ2v) is 13.1. The minimum absolute atomic E-state index is 0.0717. The van der Waals surface area contributed by atoms with Crippen molar-refractivity contribution in [1.82, 2.24) is 0 Å². The number of hydrogen-bond acceptors (Lipinski definition) is 7. The normalized spacial score (nSPS) is 14.1. The Morgan fingerprint density at radius 1 is 0.565 bits per heavy atom. The Hall–Kier alpha value is -1.96. The molecule has 0 heterocycles. The third kappa shape index (κ3) is 32.0. The maximum absolute atomic E-state index is 12.0. The molecule has 2 unspecified atom stereocenters. The molecule has 0 aliphatic carbocycles. The van der Waals surface area contributed by atoms with Gasteiger partial charge in [0.1, 0.15) is 19.3 Å². The molecule has 0 aliphatic rings. The van der Waals surface area contributed by atoms with E-state index in [9.17, 15) is 24.9 Å². The fourth-order valence-corrected chi connectivity index (χ4v) is 5.02. The summed E-state index contributed by atoms with van der Waals surface area (Å²) in [5.41, 5.74) is 0. The molecule has 268 valence electrons. The fourth-order valence-electron chi connectivity index (χ4n) is 5.02. The molecule has 0 radical (unpaired) electrons. The summed E-state index contributed by atoms with van der Waals surface area (Å²) in [4.78, 5) is 23.9. The number of esters is 2. The summed E-state index contributed by atoms with van der Waals surface area (Å²) >= 11 is 0. The van der Waals surface area contributed by atoms with Crippen molar-refractivity contribution < 1.29 is 34.4 Å². The zero-order valence-electron chi connectivity index (χ0n) is 29.7. The van der Waals surface area contributed by atoms with Crippen LogP contribution in [-0.2, 0) is 19.1 Å². The van der Waals surface area contributed by atoms with Gasteiger partial charge in [-0.25, -0.2) is 0 Å². The van der Waals surface area contributed by atoms with Crippen molar-refractivity contribution in [1.29, 1.82) is 0 Å². The van der Waals surface area contributed by atoms with E-state index in [1.165, 1.54) is 70.6 Å². The maximum atomic E-state index is 12.0. The molecule has 0 aromatic heterocycles. The van der Waals surface area contributed by atoms with E-state index in [0.717, 1.165) is 44.4 Å². The van der Waals surface area contributed by atoms with Crippen LogP contribution < -0.4 is 0 Å². The standard InChI is InChI=1S/C39H70O7/c1-4-5-6-7-8-9-10-11-15-18-21-24-28-36(41)37(42)29-26-31-39(44)46-33-35(40)32-45-38(43)30-25-22-19-16-13-12-14-17-20-23-27-34(2)3/h8-9,11,15,21,24,34-37,40-42H,4-7,10,12-14,16-20,22-23,25-33H2,1-3H3/b9-8-,15-11-,24-21-/t35-,36?,37?/m0/s1. The van der Waals surface area contributed by atoms with Crippen LogP contribution in [0.15, 0.2) is 36.5 Å². The highest BCUT2D eigenvalue weighted by Crippen LogP contribution is 2.14. The van der Waals surface area contributed by atoms with Crippen LogP contribution in [-0.4, -0.2) is 58.8 Å². The van der Waals surface area contributed by atoms with Crippen LogP contribution in [0.2, 0.25) is 0 Å². The first-order valence-electron chi connectivity index (χ1n) is 18.6. The first-order valence-corrected chi connectivity index (χ1v) is 18.6. The molecule has 0 aromatic rings. The van der Waals surface area contributed by atoms with Crippen molar-refractivity contribution in [3.8, 4) is 0 Å². The molecule has 0 saturated carbocycles. The van der Waals surface area contributed by atoms with E-state index in [4.69, 9.17) is 9.47 Å². The topological polar surface area (TPSA) is 113 Å². The Morgan fingerprint density at radius 2 is 1.07 bits per heavy atom. The van der Waals surface area contributed by atoms with Gasteiger partial charge in [0, 0.05) is 12.8 Å². The molecular weight excluding hydrogens is 580 g/mol. The highest BCUT2D eigenvalue weighted by Gasteiger charge is 2.16. The van der Waals surface area contributed by atoms with Crippen LogP contribution in [0.25, 0.3) is 0 Å². The van der Waals surface area contributed by atoms with Gasteiger partial charge in [0.2, 0.25) is 0 Å². The van der Waals surface area contributed by atoms with Gasteiger partial charge in [0.25, 0.3) is 0 Å². The summed E-state index contributed by atoms with van der Waals surface area (Å²) in [6, 6.07) is 0. The summed E-state index contributed by atoms with van der Waals surface area (Å²) in [5, 5.41) is 30.3. The van der Waals surface area contributed by atoms with Gasteiger partial charge < -0.3 is 24.8 Å². The summed E-state index contributed by atoms with van der Waals surface area (Å²) in [6.07, 6.45) is 31.0. The van der Waals surface area contributed by atoms with Gasteiger partial charge in [0.15, 0.2) is 0 Å². The lowest BCUT2D eigenvalue weighted by Gasteiger charge is -2.16. The largest absolute Gasteiger partial charge is 0.463 e. The lowest BCUT2D eigenvalue weighted by molar-refractivity contribution is -0.152. The summed E-state index contributed by atoms with van der Waals surface area (Å²) in [5.74, 6) is -0.0288. The number of carbonyl (C=O) groups is 2. The smallest absolute Gasteiger partial charge is 0.305 e. The fraction of sp³-hybridized carbons (Fsp3) is 0.795. The molecule has 0 saturated heterocycles. The highest BCUT2D eigenvalue weighted by molar-refractivity contribution is 5.69. The van der Waals surface area contributed by atoms with Crippen molar-refractivity contribution in [2.75, 3.05) is 13.2 Å². The molecule has 0 spiro atoms. The molecule has 0 bridgehead atoms. The van der Waals surface area contributed by atoms with Gasteiger partial charge in [-0.05, 0) is 57.3 Å². The molecule has 0 aromatic carbocycles. The molecule has 3 atom stereocenters. The molecule has 3 N–H and O–H groups in total. The van der Waals surface area contributed by atoms with Crippen molar-refractivity contribution in [3.63, 3.8) is 0 Å². The lowest BCUT2D eigenvalue weighted by atomic mass is 10.0. The quantitative estimate of drug-likeness (QED) is 0.0378. The predicted octanol–water partition coefficient (Wildman–Crippen LogP) is 9.08. The SMILES string of the molecule is CCCCC/C=C\C/C=C\C/C=C\CC(O)C(O)CCCC(=O)OC[C@@H](O)COC(=O)CCCCCCCCCCCCC(C)C. The average Bonchev–Trinajstić information content (AvgIpc) is 3.03. The van der Waals surface area contributed by atoms with Gasteiger partial charge >= 0.3 is 11.9 Å². The van der Waals surface area contributed by atoms with Crippen LogP contribution in [0.5, 0.6) is 0 Å². The van der Waals surface area contributed by atoms with E-state index in [2.05, 4.69) is 45.1 Å². The predicted molar refractivity (Wildman–Crippen MR) is 189 cm³/mol. The zero-order valence-corrected chi connectivity index (χ0v) is 29.7. The molecule has 0 rings (SSSR count). The van der Waals surface area contributed by atoms with Gasteiger partial charge in [-0.15, -0.1) is 0 Å². The van der Waals surface area contributed by atoms with Gasteiger partial charge in [0.05, 0.1) is 12.2 Å². The van der Waals surface area contributed by atoms with E-state index in [0.29, 0.717) is 19.3 Å². The van der Waals surface area contributed by atoms with Gasteiger partial charge in [-0.3, -0.25) is 9.59 Å². The van der Waals surface area contributed by atoms with Gasteiger partial charge in [-0.2, -0.15) is 0 Å². The number of aliphatic hydroxyl groups excluding tert-OH is 3. The number of hydrogen-bond donors (Lipinski definition) is 3. The second kappa shape index (κ2) is 33.0. The Morgan fingerprint density at radius 3 is 1.63 bits per heavy atom. The van der Waals surface area contributed by atoms with Crippen molar-refractivity contribution in [3.05, 3.63) is 36.5 Å². The van der Waals surface area contributed by atoms with Crippen molar-refractivity contribution >= 4 is 11.9 Å². The molecule has 0 amide bonds. The van der Waals surface area contributed by atoms with Crippen LogP contribution >= 0.6 is 0 Å². The molecule has 0 fully saturated rings. The number of ether oxygens (including phenoxy) is 2. The summed E-state index contributed by atoms with van der Waals surface area (Å²) in [7, 11) is 0. The van der Waals surface area contributed by atoms with Crippen LogP contribution in [0.4, 0.5) is 0 Å². The number of allylic oxidation sites excluding steroid dienone is 5. The van der Waals surface area contributed by atoms with E-state index in [-0.39, 0.29) is 32.0 Å². The van der Waals surface area contributed by atoms with E-state index < -0.39 is 24.3 Å². The number of unbranched alkanes of at least 4 members (excludes halogenated alkanes) is 12. The third-order valence-electron chi connectivity index (χ3n) is 8.01. The first kappa shape index (κ1) is 44.0. The monoisotopic (exact) mass is 651 g/mol. The number of carbonyl (C=O) groups excluding carboxylic acids is 2. The van der Waals surface area contributed by atoms with Crippen molar-refractivity contribution in [2.45, 2.75) is 180 Å². The molecule has 7 nitrogen and oxygen atoms in total. The van der Waals surface area contributed by atoms with Gasteiger partial charge in [-0.1, -0.05) is 134 Å².